The Kier molecular flexibility index (Phi) is 18.3. The minimum Gasteiger partial charge on any atom is -0.381 e. The molecule has 0 saturated carbocycles. The average molecular weight is 442 g/mol. The molecule has 140 valence electrons. The smallest absolute Gasteiger partial charge is 0.191 e. The number of nitrogens with one attached hydrogen (secondary N) is 2. The lowest BCUT2D eigenvalue weighted by Crippen LogP contribution is -2.45. The molecule has 0 aliphatic heterocycles. The van der Waals surface area contributed by atoms with Crippen molar-refractivity contribution in [3.8, 4) is 0 Å². The van der Waals surface area contributed by atoms with Crippen LogP contribution in [0.25, 0.3) is 0 Å². The van der Waals surface area contributed by atoms with Gasteiger partial charge in [-0.05, 0) is 39.3 Å². The number of likely N-dealkylation sites (N-methyl/N-ethyl adjacent to an activating group) is 1. The second-order valence-electron chi connectivity index (χ2n) is 6.45. The normalized spacial score (nSPS) is 13.1. The zero-order valence-electron chi connectivity index (χ0n) is 16.0. The van der Waals surface area contributed by atoms with Gasteiger partial charge in [-0.1, -0.05) is 27.2 Å². The number of hydrogen-bond acceptors (Lipinski definition) is 3. The number of aliphatic imine (C=N–C) groups is 1. The molecule has 0 aliphatic rings. The molecule has 0 saturated heterocycles. The molecule has 0 aliphatic carbocycles. The van der Waals surface area contributed by atoms with Crippen LogP contribution in [-0.2, 0) is 4.74 Å². The van der Waals surface area contributed by atoms with Crippen LogP contribution in [0.1, 0.15) is 46.5 Å². The lowest BCUT2D eigenvalue weighted by Gasteiger charge is -2.27. The Morgan fingerprint density at radius 1 is 1.13 bits per heavy atom. The number of unbranched alkanes of at least 4 members (excludes halogenated alkanes) is 1. The van der Waals surface area contributed by atoms with Crippen LogP contribution in [0.15, 0.2) is 4.99 Å². The van der Waals surface area contributed by atoms with Gasteiger partial charge in [0, 0.05) is 39.4 Å². The third kappa shape index (κ3) is 15.2. The Hall–Kier alpha value is -0.0800. The van der Waals surface area contributed by atoms with Crippen LogP contribution in [0.3, 0.4) is 0 Å². The van der Waals surface area contributed by atoms with Crippen molar-refractivity contribution in [3.63, 3.8) is 0 Å². The SMILES string of the molecule is CCCCOCCCNC(=NC)NCC(CC(C)C)N(C)C.I. The summed E-state index contributed by atoms with van der Waals surface area (Å²) in [6.07, 6.45) is 4.53. The van der Waals surface area contributed by atoms with Gasteiger partial charge < -0.3 is 20.3 Å². The molecule has 6 heteroatoms. The van der Waals surface area contributed by atoms with Crippen molar-refractivity contribution < 1.29 is 4.74 Å². The quantitative estimate of drug-likeness (QED) is 0.211. The number of halogens is 1. The fourth-order valence-electron chi connectivity index (χ4n) is 2.19. The van der Waals surface area contributed by atoms with Crippen LogP contribution in [0, 0.1) is 5.92 Å². The van der Waals surface area contributed by atoms with E-state index in [-0.39, 0.29) is 24.0 Å². The predicted molar refractivity (Wildman–Crippen MR) is 112 cm³/mol. The third-order valence-corrected chi connectivity index (χ3v) is 3.60. The molecule has 5 nitrogen and oxygen atoms in total. The first-order valence-corrected chi connectivity index (χ1v) is 8.69. The maximum atomic E-state index is 5.56. The van der Waals surface area contributed by atoms with Gasteiger partial charge in [0.1, 0.15) is 0 Å². The fraction of sp³-hybridized carbons (Fsp3) is 0.941. The van der Waals surface area contributed by atoms with Gasteiger partial charge in [-0.2, -0.15) is 0 Å². The maximum absolute atomic E-state index is 5.56. The van der Waals surface area contributed by atoms with Gasteiger partial charge in [0.05, 0.1) is 0 Å². The summed E-state index contributed by atoms with van der Waals surface area (Å²) in [4.78, 5) is 6.56. The molecule has 0 spiro atoms. The monoisotopic (exact) mass is 442 g/mol. The van der Waals surface area contributed by atoms with E-state index >= 15 is 0 Å². The summed E-state index contributed by atoms with van der Waals surface area (Å²) in [6, 6.07) is 0.524. The second-order valence-corrected chi connectivity index (χ2v) is 6.45. The van der Waals surface area contributed by atoms with Crippen molar-refractivity contribution in [2.24, 2.45) is 10.9 Å². The molecule has 1 atom stereocenters. The predicted octanol–water partition coefficient (Wildman–Crippen LogP) is 2.95. The molecule has 0 fully saturated rings. The highest BCUT2D eigenvalue weighted by molar-refractivity contribution is 14.0. The van der Waals surface area contributed by atoms with E-state index in [1.807, 2.05) is 7.05 Å². The highest BCUT2D eigenvalue weighted by Crippen LogP contribution is 2.07. The van der Waals surface area contributed by atoms with Crippen LogP contribution < -0.4 is 10.6 Å². The molecule has 1 unspecified atom stereocenters. The minimum absolute atomic E-state index is 0. The van der Waals surface area contributed by atoms with Crippen LogP contribution in [0.2, 0.25) is 0 Å². The zero-order valence-corrected chi connectivity index (χ0v) is 18.4. The number of hydrogen-bond donors (Lipinski definition) is 2. The number of ether oxygens (including phenoxy) is 1. The Balaban J connectivity index is 0. The summed E-state index contributed by atoms with van der Waals surface area (Å²) in [5.41, 5.74) is 0. The summed E-state index contributed by atoms with van der Waals surface area (Å²) in [6.45, 7) is 10.2. The summed E-state index contributed by atoms with van der Waals surface area (Å²) in [5.74, 6) is 1.58. The van der Waals surface area contributed by atoms with Crippen LogP contribution in [0.5, 0.6) is 0 Å². The van der Waals surface area contributed by atoms with Crippen LogP contribution in [0.4, 0.5) is 0 Å². The van der Waals surface area contributed by atoms with Gasteiger partial charge in [-0.3, -0.25) is 4.99 Å². The van der Waals surface area contributed by atoms with Gasteiger partial charge in [0.15, 0.2) is 5.96 Å². The van der Waals surface area contributed by atoms with E-state index in [9.17, 15) is 0 Å². The number of nitrogens with zero attached hydrogens (tertiary/aromatic N) is 2. The molecule has 0 aromatic rings. The molecular formula is C17H39IN4O. The highest BCUT2D eigenvalue weighted by Gasteiger charge is 2.13. The van der Waals surface area contributed by atoms with Gasteiger partial charge in [-0.15, -0.1) is 24.0 Å². The second kappa shape index (κ2) is 16.8. The van der Waals surface area contributed by atoms with Crippen molar-refractivity contribution in [3.05, 3.63) is 0 Å². The highest BCUT2D eigenvalue weighted by atomic mass is 127. The van der Waals surface area contributed by atoms with E-state index in [1.165, 1.54) is 12.8 Å². The first-order chi connectivity index (χ1) is 10.5. The molecule has 0 radical (unpaired) electrons. The lowest BCUT2D eigenvalue weighted by molar-refractivity contribution is 0.129. The Labute approximate surface area is 161 Å². The molecule has 0 aromatic carbocycles. The van der Waals surface area contributed by atoms with Gasteiger partial charge in [-0.25, -0.2) is 0 Å². The van der Waals surface area contributed by atoms with Crippen LogP contribution >= 0.6 is 24.0 Å². The molecule has 0 heterocycles. The molecule has 0 rings (SSSR count). The first-order valence-electron chi connectivity index (χ1n) is 8.69. The zero-order chi connectivity index (χ0) is 16.8. The number of rotatable bonds is 12. The summed E-state index contributed by atoms with van der Waals surface area (Å²) < 4.78 is 5.56. The van der Waals surface area contributed by atoms with Crippen molar-refractivity contribution >= 4 is 29.9 Å². The molecule has 0 aromatic heterocycles. The van der Waals surface area contributed by atoms with Gasteiger partial charge in [0.2, 0.25) is 0 Å². The Morgan fingerprint density at radius 2 is 1.78 bits per heavy atom. The van der Waals surface area contributed by atoms with Gasteiger partial charge in [0.25, 0.3) is 0 Å². The van der Waals surface area contributed by atoms with Crippen molar-refractivity contribution in [2.45, 2.75) is 52.5 Å². The van der Waals surface area contributed by atoms with Crippen LogP contribution in [-0.4, -0.2) is 64.3 Å². The fourth-order valence-corrected chi connectivity index (χ4v) is 2.19. The lowest BCUT2D eigenvalue weighted by atomic mass is 10.0. The molecule has 0 amide bonds. The number of guanidine groups is 1. The molecule has 23 heavy (non-hydrogen) atoms. The standard InChI is InChI=1S/C17H38N4O.HI/c1-7-8-11-22-12-9-10-19-17(18-4)20-14-16(21(5)6)13-15(2)3;/h15-16H,7-14H2,1-6H3,(H2,18,19,20);1H. The van der Waals surface area contributed by atoms with E-state index in [0.717, 1.165) is 45.1 Å². The molecular weight excluding hydrogens is 403 g/mol. The maximum Gasteiger partial charge on any atom is 0.191 e. The average Bonchev–Trinajstić information content (AvgIpc) is 2.47. The molecule has 2 N–H and O–H groups in total. The first kappa shape index (κ1) is 25.2. The van der Waals surface area contributed by atoms with Crippen molar-refractivity contribution in [1.82, 2.24) is 15.5 Å². The van der Waals surface area contributed by atoms with E-state index in [1.54, 1.807) is 0 Å². The summed E-state index contributed by atoms with van der Waals surface area (Å²) in [7, 11) is 6.09. The third-order valence-electron chi connectivity index (χ3n) is 3.60. The summed E-state index contributed by atoms with van der Waals surface area (Å²) >= 11 is 0. The van der Waals surface area contributed by atoms with E-state index in [4.69, 9.17) is 4.74 Å². The van der Waals surface area contributed by atoms with E-state index in [2.05, 4.69) is 55.4 Å². The van der Waals surface area contributed by atoms with Crippen molar-refractivity contribution in [2.75, 3.05) is 47.4 Å². The van der Waals surface area contributed by atoms with Gasteiger partial charge >= 0.3 is 0 Å². The molecule has 0 bridgehead atoms. The van der Waals surface area contributed by atoms with E-state index in [0.29, 0.717) is 12.0 Å². The van der Waals surface area contributed by atoms with Crippen molar-refractivity contribution in [1.29, 1.82) is 0 Å². The topological polar surface area (TPSA) is 48.9 Å². The Bertz CT molecular complexity index is 286. The Morgan fingerprint density at radius 3 is 2.30 bits per heavy atom. The summed E-state index contributed by atoms with van der Waals surface area (Å²) in [5, 5.41) is 6.77. The van der Waals surface area contributed by atoms with E-state index < -0.39 is 0 Å². The largest absolute Gasteiger partial charge is 0.381 e. The minimum atomic E-state index is 0.